The molecule has 2 aromatic heterocycles. The van der Waals surface area contributed by atoms with E-state index in [1.165, 1.54) is 11.8 Å². The van der Waals surface area contributed by atoms with Crippen molar-refractivity contribution >= 4 is 29.0 Å². The molecule has 9 nitrogen and oxygen atoms in total. The van der Waals surface area contributed by atoms with Crippen molar-refractivity contribution in [1.82, 2.24) is 19.2 Å². The van der Waals surface area contributed by atoms with Crippen LogP contribution in [0.2, 0.25) is 0 Å². The minimum absolute atomic E-state index is 0.107. The predicted octanol–water partition coefficient (Wildman–Crippen LogP) is 3.00. The van der Waals surface area contributed by atoms with E-state index < -0.39 is 0 Å². The van der Waals surface area contributed by atoms with Crippen molar-refractivity contribution in [3.63, 3.8) is 0 Å². The number of amides is 1. The number of thioether (sulfide) groups is 1. The molecule has 1 N–H and O–H groups in total. The predicted molar refractivity (Wildman–Crippen MR) is 125 cm³/mol. The molecule has 0 aliphatic carbocycles. The Labute approximate surface area is 193 Å². The van der Waals surface area contributed by atoms with Gasteiger partial charge in [0, 0.05) is 29.8 Å². The fourth-order valence-electron chi connectivity index (χ4n) is 3.49. The van der Waals surface area contributed by atoms with Gasteiger partial charge < -0.3 is 14.8 Å². The number of hydrogen-bond acceptors (Lipinski definition) is 7. The third-order valence-electron chi connectivity index (χ3n) is 5.37. The fourth-order valence-corrected chi connectivity index (χ4v) is 4.21. The first-order valence-electron chi connectivity index (χ1n) is 10.4. The van der Waals surface area contributed by atoms with E-state index in [1.54, 1.807) is 39.6 Å². The van der Waals surface area contributed by atoms with Gasteiger partial charge in [-0.05, 0) is 49.2 Å². The largest absolute Gasteiger partial charge is 0.486 e. The monoisotopic (exact) mass is 463 g/mol. The lowest BCUT2D eigenvalue weighted by Crippen LogP contribution is -2.20. The normalized spacial score (nSPS) is 12.7. The maximum atomic E-state index is 13.0. The van der Waals surface area contributed by atoms with Crippen molar-refractivity contribution in [2.24, 2.45) is 0 Å². The van der Waals surface area contributed by atoms with Crippen LogP contribution in [0.1, 0.15) is 11.1 Å². The van der Waals surface area contributed by atoms with Crippen LogP contribution < -0.4 is 20.3 Å². The molecule has 0 radical (unpaired) electrons. The number of anilines is 1. The highest BCUT2D eigenvalue weighted by molar-refractivity contribution is 7.99. The van der Waals surface area contributed by atoms with Gasteiger partial charge in [0.1, 0.15) is 13.2 Å². The molecule has 0 saturated carbocycles. The molecule has 10 heteroatoms. The number of nitrogens with zero attached hydrogens (tertiary/aromatic N) is 4. The lowest BCUT2D eigenvalue weighted by Gasteiger charge is -2.18. The van der Waals surface area contributed by atoms with Gasteiger partial charge in [-0.15, -0.1) is 10.2 Å². The second-order valence-corrected chi connectivity index (χ2v) is 8.56. The Morgan fingerprint density at radius 3 is 2.67 bits per heavy atom. The lowest BCUT2D eigenvalue weighted by atomic mass is 10.1. The summed E-state index contributed by atoms with van der Waals surface area (Å²) in [6.45, 7) is 5.02. The summed E-state index contributed by atoms with van der Waals surface area (Å²) >= 11 is 1.20. The van der Waals surface area contributed by atoms with E-state index in [-0.39, 0.29) is 22.9 Å². The fraction of sp³-hybridized carbons (Fsp3) is 0.217. The highest BCUT2D eigenvalue weighted by Crippen LogP contribution is 2.32. The first-order chi connectivity index (χ1) is 16.0. The Morgan fingerprint density at radius 1 is 1.03 bits per heavy atom. The number of carbonyl (C=O) groups is 1. The summed E-state index contributed by atoms with van der Waals surface area (Å²) in [5.41, 5.74) is 3.56. The Morgan fingerprint density at radius 2 is 1.85 bits per heavy atom. The average Bonchev–Trinajstić information content (AvgIpc) is 3.24. The van der Waals surface area contributed by atoms with E-state index in [0.29, 0.717) is 35.6 Å². The highest BCUT2D eigenvalue weighted by atomic mass is 32.2. The zero-order chi connectivity index (χ0) is 22.9. The molecular weight excluding hydrogens is 442 g/mol. The van der Waals surface area contributed by atoms with E-state index in [0.717, 1.165) is 16.8 Å². The van der Waals surface area contributed by atoms with Crippen LogP contribution in [0, 0.1) is 13.8 Å². The Bertz CT molecular complexity index is 1430. The summed E-state index contributed by atoms with van der Waals surface area (Å²) < 4.78 is 14.2. The van der Waals surface area contributed by atoms with Gasteiger partial charge in [-0.1, -0.05) is 17.8 Å². The van der Waals surface area contributed by atoms with E-state index in [9.17, 15) is 9.59 Å². The van der Waals surface area contributed by atoms with Crippen LogP contribution in [0.25, 0.3) is 11.3 Å². The number of carbonyl (C=O) groups excluding carboxylic acids is 1. The number of rotatable bonds is 5. The quantitative estimate of drug-likeness (QED) is 0.454. The minimum atomic E-state index is -0.277. The Hall–Kier alpha value is -3.79. The van der Waals surface area contributed by atoms with Crippen LogP contribution >= 0.6 is 11.8 Å². The van der Waals surface area contributed by atoms with Crippen molar-refractivity contribution in [3.8, 4) is 17.2 Å². The van der Waals surface area contributed by atoms with Gasteiger partial charge in [0.25, 0.3) is 0 Å². The third-order valence-corrected chi connectivity index (χ3v) is 6.31. The number of aromatic nitrogens is 4. The van der Waals surface area contributed by atoms with Crippen molar-refractivity contribution in [3.05, 3.63) is 70.3 Å². The molecule has 1 aliphatic rings. The van der Waals surface area contributed by atoms with Gasteiger partial charge >= 0.3 is 5.56 Å². The molecule has 2 aromatic carbocycles. The third kappa shape index (κ3) is 4.17. The number of aryl methyl sites for hydroxylation is 2. The molecule has 1 amide bonds. The van der Waals surface area contributed by atoms with Gasteiger partial charge in [0.15, 0.2) is 16.7 Å². The summed E-state index contributed by atoms with van der Waals surface area (Å²) in [5, 5.41) is 11.5. The molecule has 168 valence electrons. The summed E-state index contributed by atoms with van der Waals surface area (Å²) in [7, 11) is 0. The second-order valence-electron chi connectivity index (χ2n) is 7.61. The Balaban J connectivity index is 1.30. The van der Waals surface area contributed by atoms with E-state index in [2.05, 4.69) is 15.5 Å². The average molecular weight is 464 g/mol. The van der Waals surface area contributed by atoms with E-state index in [1.807, 2.05) is 32.0 Å². The maximum absolute atomic E-state index is 13.0. The zero-order valence-electron chi connectivity index (χ0n) is 18.1. The number of hydrogen-bond donors (Lipinski definition) is 1. The van der Waals surface area contributed by atoms with Crippen molar-refractivity contribution in [1.29, 1.82) is 0 Å². The number of benzene rings is 2. The summed E-state index contributed by atoms with van der Waals surface area (Å²) in [6, 6.07) is 11.1. The van der Waals surface area contributed by atoms with Crippen LogP contribution in [0.3, 0.4) is 0 Å². The molecule has 0 unspecified atom stereocenters. The highest BCUT2D eigenvalue weighted by Gasteiger charge is 2.15. The summed E-state index contributed by atoms with van der Waals surface area (Å²) in [5.74, 6) is 1.16. The van der Waals surface area contributed by atoms with Crippen LogP contribution in [0.4, 0.5) is 5.69 Å². The van der Waals surface area contributed by atoms with Gasteiger partial charge in [-0.25, -0.2) is 0 Å². The zero-order valence-corrected chi connectivity index (χ0v) is 18.9. The first-order valence-corrected chi connectivity index (χ1v) is 11.3. The molecule has 0 atom stereocenters. The molecule has 0 bridgehead atoms. The topological polar surface area (TPSA) is 99.8 Å². The second kappa shape index (κ2) is 8.62. The Kier molecular flexibility index (Phi) is 5.51. The molecular formula is C23H21N5O4S. The van der Waals surface area contributed by atoms with Crippen LogP contribution in [0.15, 0.2) is 58.7 Å². The van der Waals surface area contributed by atoms with Crippen molar-refractivity contribution in [2.75, 3.05) is 24.3 Å². The minimum Gasteiger partial charge on any atom is -0.486 e. The van der Waals surface area contributed by atoms with Crippen molar-refractivity contribution < 1.29 is 14.3 Å². The van der Waals surface area contributed by atoms with Gasteiger partial charge in [0.2, 0.25) is 11.6 Å². The van der Waals surface area contributed by atoms with E-state index >= 15 is 0 Å². The molecule has 0 spiro atoms. The molecule has 0 saturated heterocycles. The summed E-state index contributed by atoms with van der Waals surface area (Å²) in [6.07, 6.45) is 3.41. The van der Waals surface area contributed by atoms with Gasteiger partial charge in [-0.3, -0.25) is 18.6 Å². The molecule has 3 heterocycles. The van der Waals surface area contributed by atoms with Crippen LogP contribution in [-0.2, 0) is 4.79 Å². The first kappa shape index (κ1) is 21.1. The molecule has 33 heavy (non-hydrogen) atoms. The van der Waals surface area contributed by atoms with E-state index in [4.69, 9.17) is 9.47 Å². The molecule has 5 rings (SSSR count). The number of ether oxygens (including phenoxy) is 2. The SMILES string of the molecule is Cc1ccc(-n2ccn3c(SCC(=O)Nc4ccc5c(c4)OCCO5)nnc3c2=O)cc1C. The molecule has 1 aliphatic heterocycles. The smallest absolute Gasteiger partial charge is 0.300 e. The number of nitrogens with one attached hydrogen (secondary N) is 1. The lowest BCUT2D eigenvalue weighted by molar-refractivity contribution is -0.113. The molecule has 0 fully saturated rings. The van der Waals surface area contributed by atoms with Gasteiger partial charge in [-0.2, -0.15) is 0 Å². The standard InChI is InChI=1S/C23H21N5O4S/c1-14-3-5-17(11-15(14)2)27-7-8-28-21(22(27)30)25-26-23(28)33-13-20(29)24-16-4-6-18-19(12-16)32-10-9-31-18/h3-8,11-12H,9-10,13H2,1-2H3,(H,24,29). The van der Waals surface area contributed by atoms with Gasteiger partial charge in [0.05, 0.1) is 5.75 Å². The molecule has 4 aromatic rings. The summed E-state index contributed by atoms with van der Waals surface area (Å²) in [4.78, 5) is 25.4. The van der Waals surface area contributed by atoms with Crippen LogP contribution in [-0.4, -0.2) is 44.0 Å². The van der Waals surface area contributed by atoms with Crippen molar-refractivity contribution in [2.45, 2.75) is 19.0 Å². The van der Waals surface area contributed by atoms with Crippen LogP contribution in [0.5, 0.6) is 11.5 Å². The number of fused-ring (bicyclic) bond motifs is 2. The maximum Gasteiger partial charge on any atom is 0.300 e.